The molecule has 1 atom stereocenters. The minimum atomic E-state index is -1.19. The van der Waals surface area contributed by atoms with E-state index in [0.29, 0.717) is 22.6 Å². The molecule has 0 fully saturated rings. The number of methoxy groups -OCH3 is 1. The first-order chi connectivity index (χ1) is 19.3. The molecule has 0 saturated carbocycles. The van der Waals surface area contributed by atoms with Crippen molar-refractivity contribution >= 4 is 34.7 Å². The summed E-state index contributed by atoms with van der Waals surface area (Å²) in [5, 5.41) is 0.563. The van der Waals surface area contributed by atoms with E-state index in [2.05, 4.69) is 0 Å². The number of aromatic nitrogens is 1. The smallest absolute Gasteiger partial charge is 0.311 e. The van der Waals surface area contributed by atoms with Crippen LogP contribution in [0.1, 0.15) is 65.1 Å². The molecule has 0 saturated heterocycles. The van der Waals surface area contributed by atoms with Crippen LogP contribution in [0.15, 0.2) is 79.1 Å². The Labute approximate surface area is 246 Å². The molecule has 0 aliphatic rings. The van der Waals surface area contributed by atoms with Crippen molar-refractivity contribution in [2.45, 2.75) is 53.8 Å². The van der Waals surface area contributed by atoms with E-state index in [4.69, 9.17) is 21.1 Å². The van der Waals surface area contributed by atoms with Gasteiger partial charge in [-0.15, -0.1) is 0 Å². The summed E-state index contributed by atoms with van der Waals surface area (Å²) in [5.74, 6) is -0.780. The summed E-state index contributed by atoms with van der Waals surface area (Å²) in [6.45, 7) is 9.19. The molecule has 6 nitrogen and oxygen atoms in total. The minimum absolute atomic E-state index is 0.178. The number of hydrogen-bond acceptors (Lipinski definition) is 5. The van der Waals surface area contributed by atoms with Crippen molar-refractivity contribution in [3.8, 4) is 0 Å². The van der Waals surface area contributed by atoms with Gasteiger partial charge in [-0.25, -0.2) is 0 Å². The zero-order valence-electron chi connectivity index (χ0n) is 24.4. The molecule has 0 bridgehead atoms. The van der Waals surface area contributed by atoms with Crippen molar-refractivity contribution in [1.82, 2.24) is 4.40 Å². The lowest BCUT2D eigenvalue weighted by Gasteiger charge is -2.32. The lowest BCUT2D eigenvalue weighted by atomic mass is 9.76. The average molecular weight is 574 g/mol. The fourth-order valence-corrected chi connectivity index (χ4v) is 5.19. The fraction of sp³-hybridized carbons (Fsp3) is 0.324. The SMILES string of the molecule is COC(=O)C(C)(C)Cc1cc2cc(C(=O)C(C)(C)C(OCc3ccccc3)C(=O)c3ccc(Cl)c(C)c3)ccn2c1. The fourth-order valence-electron chi connectivity index (χ4n) is 5.07. The van der Waals surface area contributed by atoms with E-state index in [1.54, 1.807) is 38.1 Å². The maximum Gasteiger partial charge on any atom is 0.311 e. The number of hydrogen-bond donors (Lipinski definition) is 0. The van der Waals surface area contributed by atoms with Crippen LogP contribution in [0.2, 0.25) is 5.02 Å². The Hall–Kier alpha value is -3.74. The number of carbonyl (C=O) groups is 3. The second-order valence-electron chi connectivity index (χ2n) is 11.7. The third-order valence-corrected chi connectivity index (χ3v) is 7.91. The van der Waals surface area contributed by atoms with E-state index in [-0.39, 0.29) is 24.1 Å². The molecule has 214 valence electrons. The van der Waals surface area contributed by atoms with Crippen molar-refractivity contribution in [2.75, 3.05) is 7.11 Å². The monoisotopic (exact) mass is 573 g/mol. The second kappa shape index (κ2) is 12.0. The van der Waals surface area contributed by atoms with Gasteiger partial charge in [0.15, 0.2) is 11.6 Å². The first kappa shape index (κ1) is 30.2. The van der Waals surface area contributed by atoms with Crippen LogP contribution in [0.3, 0.4) is 0 Å². The summed E-state index contributed by atoms with van der Waals surface area (Å²) in [4.78, 5) is 40.1. The van der Waals surface area contributed by atoms with Crippen molar-refractivity contribution in [3.63, 3.8) is 0 Å². The van der Waals surface area contributed by atoms with Crippen molar-refractivity contribution in [3.05, 3.63) is 112 Å². The first-order valence-corrected chi connectivity index (χ1v) is 13.9. The Balaban J connectivity index is 1.66. The van der Waals surface area contributed by atoms with Crippen LogP contribution < -0.4 is 0 Å². The number of fused-ring (bicyclic) bond motifs is 1. The van der Waals surface area contributed by atoms with E-state index in [0.717, 1.165) is 22.2 Å². The first-order valence-electron chi connectivity index (χ1n) is 13.5. The van der Waals surface area contributed by atoms with Gasteiger partial charge in [-0.05, 0) is 94.1 Å². The number of rotatable bonds is 11. The van der Waals surface area contributed by atoms with E-state index in [1.807, 2.05) is 80.0 Å². The molecule has 2 heterocycles. The molecule has 2 aromatic carbocycles. The number of nitrogens with zero attached hydrogens (tertiary/aromatic N) is 1. The summed E-state index contributed by atoms with van der Waals surface area (Å²) in [6, 6.07) is 20.2. The molecule has 0 aliphatic heterocycles. The maximum absolute atomic E-state index is 14.1. The van der Waals surface area contributed by atoms with Gasteiger partial charge in [0.2, 0.25) is 0 Å². The second-order valence-corrected chi connectivity index (χ2v) is 12.1. The van der Waals surface area contributed by atoms with E-state index in [9.17, 15) is 14.4 Å². The van der Waals surface area contributed by atoms with Crippen LogP contribution >= 0.6 is 11.6 Å². The highest BCUT2D eigenvalue weighted by Gasteiger charge is 2.43. The molecule has 2 aromatic heterocycles. The van der Waals surface area contributed by atoms with Gasteiger partial charge >= 0.3 is 5.97 Å². The molecule has 1 unspecified atom stereocenters. The van der Waals surface area contributed by atoms with Gasteiger partial charge in [-0.3, -0.25) is 14.4 Å². The van der Waals surface area contributed by atoms with E-state index < -0.39 is 16.9 Å². The molecule has 0 radical (unpaired) electrons. The van der Waals surface area contributed by atoms with Crippen molar-refractivity contribution in [2.24, 2.45) is 10.8 Å². The summed E-state index contributed by atoms with van der Waals surface area (Å²) in [5.41, 5.74) is 2.44. The van der Waals surface area contributed by atoms with Crippen LogP contribution in [0.25, 0.3) is 5.52 Å². The quantitative estimate of drug-likeness (QED) is 0.139. The van der Waals surface area contributed by atoms with E-state index >= 15 is 0 Å². The number of aryl methyl sites for hydroxylation is 1. The third-order valence-electron chi connectivity index (χ3n) is 7.48. The number of carbonyl (C=O) groups excluding carboxylic acids is 3. The van der Waals surface area contributed by atoms with Gasteiger partial charge in [-0.2, -0.15) is 0 Å². The van der Waals surface area contributed by atoms with Crippen LogP contribution in [0, 0.1) is 17.8 Å². The summed E-state index contributed by atoms with van der Waals surface area (Å²) >= 11 is 6.21. The van der Waals surface area contributed by atoms with Crippen LogP contribution in [-0.2, 0) is 27.3 Å². The average Bonchev–Trinajstić information content (AvgIpc) is 3.34. The lowest BCUT2D eigenvalue weighted by Crippen LogP contribution is -2.44. The topological polar surface area (TPSA) is 74.1 Å². The lowest BCUT2D eigenvalue weighted by molar-refractivity contribution is -0.150. The Morgan fingerprint density at radius 3 is 2.27 bits per heavy atom. The molecule has 4 aromatic rings. The normalized spacial score (nSPS) is 12.8. The highest BCUT2D eigenvalue weighted by molar-refractivity contribution is 6.31. The van der Waals surface area contributed by atoms with Gasteiger partial charge in [0.25, 0.3) is 0 Å². The van der Waals surface area contributed by atoms with Crippen molar-refractivity contribution < 1.29 is 23.9 Å². The Bertz CT molecular complexity index is 1590. The summed E-state index contributed by atoms with van der Waals surface area (Å²) in [6.07, 6.45) is 3.20. The molecule has 7 heteroatoms. The number of halogens is 1. The highest BCUT2D eigenvalue weighted by Crippen LogP contribution is 2.33. The zero-order chi connectivity index (χ0) is 29.9. The number of ether oxygens (including phenoxy) is 2. The van der Waals surface area contributed by atoms with Crippen LogP contribution in [-0.4, -0.2) is 35.2 Å². The molecule has 41 heavy (non-hydrogen) atoms. The molecular weight excluding hydrogens is 538 g/mol. The van der Waals surface area contributed by atoms with Crippen molar-refractivity contribution in [1.29, 1.82) is 0 Å². The van der Waals surface area contributed by atoms with Gasteiger partial charge in [0.05, 0.1) is 24.5 Å². The van der Waals surface area contributed by atoms with Gasteiger partial charge in [0, 0.05) is 34.1 Å². The maximum atomic E-state index is 14.1. The molecule has 0 amide bonds. The predicted octanol–water partition coefficient (Wildman–Crippen LogP) is 7.32. The number of esters is 1. The highest BCUT2D eigenvalue weighted by atomic mass is 35.5. The van der Waals surface area contributed by atoms with Gasteiger partial charge in [-0.1, -0.05) is 41.9 Å². The number of benzene rings is 2. The number of Topliss-reactive ketones (excluding diaryl/α,β-unsaturated/α-hetero) is 2. The minimum Gasteiger partial charge on any atom is -0.469 e. The summed E-state index contributed by atoms with van der Waals surface area (Å²) < 4.78 is 13.1. The summed E-state index contributed by atoms with van der Waals surface area (Å²) in [7, 11) is 1.38. The van der Waals surface area contributed by atoms with Gasteiger partial charge < -0.3 is 13.9 Å². The number of ketones is 2. The number of pyridine rings is 1. The third kappa shape index (κ3) is 6.61. The molecule has 4 rings (SSSR count). The van der Waals surface area contributed by atoms with Crippen LogP contribution in [0.5, 0.6) is 0 Å². The Morgan fingerprint density at radius 2 is 1.61 bits per heavy atom. The largest absolute Gasteiger partial charge is 0.469 e. The van der Waals surface area contributed by atoms with E-state index in [1.165, 1.54) is 7.11 Å². The van der Waals surface area contributed by atoms with Gasteiger partial charge in [0.1, 0.15) is 6.10 Å². The Kier molecular flexibility index (Phi) is 8.86. The molecule has 0 spiro atoms. The standard InChI is InChI=1S/C34H36ClNO5/c1-22-16-25(12-13-28(22)35)29(37)31(41-21-23-10-8-7-9-11-23)34(4,5)30(38)26-14-15-36-20-24(17-27(36)18-26)19-33(2,3)32(39)40-6/h7-18,20,31H,19,21H2,1-6H3. The zero-order valence-corrected chi connectivity index (χ0v) is 25.1. The predicted molar refractivity (Wildman–Crippen MR) is 161 cm³/mol. The Morgan fingerprint density at radius 1 is 0.902 bits per heavy atom. The van der Waals surface area contributed by atoms with Crippen LogP contribution in [0.4, 0.5) is 0 Å². The molecule has 0 aliphatic carbocycles. The molecule has 0 N–H and O–H groups in total. The molecular formula is C34H36ClNO5.